The van der Waals surface area contributed by atoms with E-state index in [1.54, 1.807) is 0 Å². The molecule has 1 aliphatic heterocycles. The molecule has 1 fully saturated rings. The number of amides is 1. The van der Waals surface area contributed by atoms with Gasteiger partial charge in [-0.1, -0.05) is 12.1 Å². The van der Waals surface area contributed by atoms with Crippen molar-refractivity contribution in [1.29, 1.82) is 0 Å². The summed E-state index contributed by atoms with van der Waals surface area (Å²) < 4.78 is 44.2. The molecule has 1 aliphatic rings. The highest BCUT2D eigenvalue weighted by atomic mass is 19.4. The molecule has 0 aliphatic carbocycles. The number of ether oxygens (including phenoxy) is 1. The zero-order valence-corrected chi connectivity index (χ0v) is 15.1. The maximum atomic E-state index is 13.0. The van der Waals surface area contributed by atoms with Gasteiger partial charge in [0, 0.05) is 38.1 Å². The molecule has 0 saturated carbocycles. The molecule has 26 heavy (non-hydrogen) atoms. The molecule has 1 saturated heterocycles. The molecule has 8 heteroatoms. The SMILES string of the molecule is CC(CC(=O)Nc1ccccc1C(F)(F)F)NCC(C)N1CCOCC1. The zero-order valence-electron chi connectivity index (χ0n) is 15.1. The number of carbonyl (C=O) groups excluding carboxylic acids is 1. The molecule has 5 nitrogen and oxygen atoms in total. The maximum Gasteiger partial charge on any atom is 0.418 e. The summed E-state index contributed by atoms with van der Waals surface area (Å²) in [5.41, 5.74) is -1.05. The highest BCUT2D eigenvalue weighted by Gasteiger charge is 2.33. The second-order valence-electron chi connectivity index (χ2n) is 6.60. The van der Waals surface area contributed by atoms with Gasteiger partial charge in [-0.25, -0.2) is 0 Å². The molecule has 1 aromatic carbocycles. The average molecular weight is 373 g/mol. The topological polar surface area (TPSA) is 53.6 Å². The zero-order chi connectivity index (χ0) is 19.2. The molecule has 0 bridgehead atoms. The normalized spacial score (nSPS) is 18.3. The van der Waals surface area contributed by atoms with Gasteiger partial charge in [-0.15, -0.1) is 0 Å². The minimum atomic E-state index is -4.50. The summed E-state index contributed by atoms with van der Waals surface area (Å²) >= 11 is 0. The number of carbonyl (C=O) groups is 1. The predicted molar refractivity (Wildman–Crippen MR) is 94.0 cm³/mol. The number of anilines is 1. The number of morpholine rings is 1. The van der Waals surface area contributed by atoms with Crippen LogP contribution in [0.5, 0.6) is 0 Å². The molecule has 1 aromatic rings. The van der Waals surface area contributed by atoms with Crippen molar-refractivity contribution in [2.45, 2.75) is 38.5 Å². The van der Waals surface area contributed by atoms with Crippen LogP contribution < -0.4 is 10.6 Å². The molecular weight excluding hydrogens is 347 g/mol. The van der Waals surface area contributed by atoms with Crippen LogP contribution in [-0.2, 0) is 15.7 Å². The number of alkyl halides is 3. The first-order valence-electron chi connectivity index (χ1n) is 8.78. The molecule has 2 unspecified atom stereocenters. The molecule has 2 N–H and O–H groups in total. The van der Waals surface area contributed by atoms with E-state index in [-0.39, 0.29) is 18.2 Å². The Kier molecular flexibility index (Phi) is 7.43. The lowest BCUT2D eigenvalue weighted by Crippen LogP contribution is -2.48. The van der Waals surface area contributed by atoms with Crippen molar-refractivity contribution in [3.63, 3.8) is 0 Å². The molecule has 0 spiro atoms. The van der Waals surface area contributed by atoms with Gasteiger partial charge < -0.3 is 15.4 Å². The highest BCUT2D eigenvalue weighted by Crippen LogP contribution is 2.34. The first-order chi connectivity index (χ1) is 12.3. The van der Waals surface area contributed by atoms with Gasteiger partial charge in [0.1, 0.15) is 0 Å². The smallest absolute Gasteiger partial charge is 0.379 e. The Bertz CT molecular complexity index is 589. The maximum absolute atomic E-state index is 13.0. The fourth-order valence-electron chi connectivity index (χ4n) is 2.91. The molecular formula is C18H26F3N3O2. The number of hydrogen-bond donors (Lipinski definition) is 2. The van der Waals surface area contributed by atoms with Crippen LogP contribution in [0.25, 0.3) is 0 Å². The van der Waals surface area contributed by atoms with Gasteiger partial charge in [0.25, 0.3) is 0 Å². The highest BCUT2D eigenvalue weighted by molar-refractivity contribution is 5.92. The Morgan fingerprint density at radius 3 is 2.54 bits per heavy atom. The van der Waals surface area contributed by atoms with Crippen molar-refractivity contribution < 1.29 is 22.7 Å². The Balaban J connectivity index is 1.80. The minimum absolute atomic E-state index is 0.0992. The predicted octanol–water partition coefficient (Wildman–Crippen LogP) is 2.73. The third-order valence-corrected chi connectivity index (χ3v) is 4.43. The van der Waals surface area contributed by atoms with Gasteiger partial charge in [-0.2, -0.15) is 13.2 Å². The number of benzene rings is 1. The molecule has 1 amide bonds. The number of hydrogen-bond acceptors (Lipinski definition) is 4. The van der Waals surface area contributed by atoms with E-state index in [4.69, 9.17) is 4.74 Å². The van der Waals surface area contributed by atoms with Gasteiger partial charge in [-0.05, 0) is 26.0 Å². The summed E-state index contributed by atoms with van der Waals surface area (Å²) in [6.07, 6.45) is -4.40. The minimum Gasteiger partial charge on any atom is -0.379 e. The molecule has 146 valence electrons. The van der Waals surface area contributed by atoms with E-state index in [1.165, 1.54) is 18.2 Å². The first-order valence-corrected chi connectivity index (χ1v) is 8.78. The molecule has 2 atom stereocenters. The van der Waals surface area contributed by atoms with Gasteiger partial charge in [0.2, 0.25) is 5.91 Å². The van der Waals surface area contributed by atoms with Gasteiger partial charge in [-0.3, -0.25) is 9.69 Å². The van der Waals surface area contributed by atoms with E-state index in [2.05, 4.69) is 22.5 Å². The monoisotopic (exact) mass is 373 g/mol. The van der Waals surface area contributed by atoms with Crippen LogP contribution >= 0.6 is 0 Å². The van der Waals surface area contributed by atoms with Crippen LogP contribution in [0.4, 0.5) is 18.9 Å². The van der Waals surface area contributed by atoms with E-state index in [0.29, 0.717) is 12.6 Å². The fraction of sp³-hybridized carbons (Fsp3) is 0.611. The molecule has 0 radical (unpaired) electrons. The summed E-state index contributed by atoms with van der Waals surface area (Å²) in [5, 5.41) is 5.65. The Morgan fingerprint density at radius 2 is 1.88 bits per heavy atom. The van der Waals surface area contributed by atoms with Crippen molar-refractivity contribution >= 4 is 11.6 Å². The molecule has 0 aromatic heterocycles. The van der Waals surface area contributed by atoms with E-state index >= 15 is 0 Å². The summed E-state index contributed by atoms with van der Waals surface area (Å²) in [6.45, 7) is 7.86. The van der Waals surface area contributed by atoms with Crippen LogP contribution in [0.15, 0.2) is 24.3 Å². The molecule has 2 rings (SSSR count). The Labute approximate surface area is 151 Å². The molecule has 1 heterocycles. The van der Waals surface area contributed by atoms with Crippen molar-refractivity contribution in [2.75, 3.05) is 38.2 Å². The van der Waals surface area contributed by atoms with Crippen molar-refractivity contribution in [2.24, 2.45) is 0 Å². The van der Waals surface area contributed by atoms with Crippen LogP contribution in [0.2, 0.25) is 0 Å². The van der Waals surface area contributed by atoms with E-state index < -0.39 is 17.6 Å². The van der Waals surface area contributed by atoms with Gasteiger partial charge in [0.15, 0.2) is 0 Å². The summed E-state index contributed by atoms with van der Waals surface area (Å²) in [5.74, 6) is -0.444. The lowest BCUT2D eigenvalue weighted by molar-refractivity contribution is -0.137. The summed E-state index contributed by atoms with van der Waals surface area (Å²) in [6, 6.07) is 5.15. The van der Waals surface area contributed by atoms with E-state index in [0.717, 1.165) is 32.4 Å². The quantitative estimate of drug-likeness (QED) is 0.772. The van der Waals surface area contributed by atoms with E-state index in [9.17, 15) is 18.0 Å². The standard InChI is InChI=1S/C18H26F3N3O2/c1-13(22-12-14(2)24-7-9-26-10-8-24)11-17(25)23-16-6-4-3-5-15(16)18(19,20)21/h3-6,13-14,22H,7-12H2,1-2H3,(H,23,25). The number of para-hydroxylation sites is 1. The first kappa shape index (κ1) is 20.7. The van der Waals surface area contributed by atoms with Crippen molar-refractivity contribution in [3.8, 4) is 0 Å². The third kappa shape index (κ3) is 6.26. The van der Waals surface area contributed by atoms with Crippen LogP contribution in [-0.4, -0.2) is 55.7 Å². The summed E-state index contributed by atoms with van der Waals surface area (Å²) in [7, 11) is 0. The van der Waals surface area contributed by atoms with E-state index in [1.807, 2.05) is 6.92 Å². The lowest BCUT2D eigenvalue weighted by Gasteiger charge is -2.33. The second-order valence-corrected chi connectivity index (χ2v) is 6.60. The number of halogens is 3. The van der Waals surface area contributed by atoms with Gasteiger partial charge >= 0.3 is 6.18 Å². The van der Waals surface area contributed by atoms with Crippen LogP contribution in [0.1, 0.15) is 25.8 Å². The van der Waals surface area contributed by atoms with Crippen LogP contribution in [0, 0.1) is 0 Å². The lowest BCUT2D eigenvalue weighted by atomic mass is 10.1. The number of rotatable bonds is 7. The number of nitrogens with zero attached hydrogens (tertiary/aromatic N) is 1. The largest absolute Gasteiger partial charge is 0.418 e. The number of nitrogens with one attached hydrogen (secondary N) is 2. The second kappa shape index (κ2) is 9.34. The average Bonchev–Trinajstić information content (AvgIpc) is 2.60. The Morgan fingerprint density at radius 1 is 1.23 bits per heavy atom. The van der Waals surface area contributed by atoms with Crippen molar-refractivity contribution in [3.05, 3.63) is 29.8 Å². The van der Waals surface area contributed by atoms with Crippen molar-refractivity contribution in [1.82, 2.24) is 10.2 Å². The summed E-state index contributed by atoms with van der Waals surface area (Å²) in [4.78, 5) is 14.4. The Hall–Kier alpha value is -1.64. The van der Waals surface area contributed by atoms with Gasteiger partial charge in [0.05, 0.1) is 24.5 Å². The fourth-order valence-corrected chi connectivity index (χ4v) is 2.91. The van der Waals surface area contributed by atoms with Crippen LogP contribution in [0.3, 0.4) is 0 Å². The third-order valence-electron chi connectivity index (χ3n) is 4.43.